The van der Waals surface area contributed by atoms with Gasteiger partial charge in [-0.2, -0.15) is 5.26 Å². The second kappa shape index (κ2) is 7.39. The van der Waals surface area contributed by atoms with Gasteiger partial charge >= 0.3 is 0 Å². The highest BCUT2D eigenvalue weighted by Crippen LogP contribution is 2.20. The molecule has 0 spiro atoms. The molecule has 0 aliphatic heterocycles. The van der Waals surface area contributed by atoms with E-state index in [-0.39, 0.29) is 12.4 Å². The summed E-state index contributed by atoms with van der Waals surface area (Å²) >= 11 is 0. The van der Waals surface area contributed by atoms with E-state index in [0.29, 0.717) is 5.56 Å². The fourth-order valence-corrected chi connectivity index (χ4v) is 2.24. The molecule has 2 aromatic carbocycles. The number of benzene rings is 2. The van der Waals surface area contributed by atoms with Crippen molar-refractivity contribution in [2.75, 3.05) is 11.9 Å². The molecule has 0 aliphatic carbocycles. The number of fused-ring (bicyclic) bond motifs is 1. The van der Waals surface area contributed by atoms with Crippen LogP contribution in [0.25, 0.3) is 10.9 Å². The van der Waals surface area contributed by atoms with E-state index in [0.717, 1.165) is 29.7 Å². The van der Waals surface area contributed by atoms with Crippen molar-refractivity contribution in [3.05, 3.63) is 66.0 Å². The van der Waals surface area contributed by atoms with E-state index < -0.39 is 0 Å². The highest BCUT2D eigenvalue weighted by atomic mass is 35.5. The summed E-state index contributed by atoms with van der Waals surface area (Å²) in [6.07, 6.45) is 2.46. The average Bonchev–Trinajstić information content (AvgIpc) is 2.55. The smallest absolute Gasteiger partial charge is 0.137 e. The Hall–Kier alpha value is -2.64. The molecule has 0 saturated carbocycles. The van der Waals surface area contributed by atoms with Crippen molar-refractivity contribution in [2.24, 2.45) is 0 Å². The van der Waals surface area contributed by atoms with Gasteiger partial charge in [0.25, 0.3) is 0 Å². The molecule has 1 heterocycles. The molecule has 110 valence electrons. The second-order valence-corrected chi connectivity index (χ2v) is 4.73. The normalized spacial score (nSPS) is 9.77. The van der Waals surface area contributed by atoms with Gasteiger partial charge in [0, 0.05) is 11.9 Å². The van der Waals surface area contributed by atoms with Crippen LogP contribution < -0.4 is 5.32 Å². The van der Waals surface area contributed by atoms with Gasteiger partial charge in [0.2, 0.25) is 0 Å². The third kappa shape index (κ3) is 3.51. The Labute approximate surface area is 135 Å². The maximum absolute atomic E-state index is 9.00. The SMILES string of the molecule is Cl.N#Cc1ccc2ncnc(NCCc3ccccc3)c2c1. The maximum atomic E-state index is 9.00. The molecule has 0 saturated heterocycles. The van der Waals surface area contributed by atoms with E-state index in [1.807, 2.05) is 30.3 Å². The van der Waals surface area contributed by atoms with E-state index in [9.17, 15) is 0 Å². The topological polar surface area (TPSA) is 61.6 Å². The van der Waals surface area contributed by atoms with Gasteiger partial charge in [-0.1, -0.05) is 30.3 Å². The van der Waals surface area contributed by atoms with Crippen LogP contribution in [0.5, 0.6) is 0 Å². The molecule has 4 nitrogen and oxygen atoms in total. The Morgan fingerprint density at radius 1 is 1.05 bits per heavy atom. The zero-order valence-electron chi connectivity index (χ0n) is 11.9. The quantitative estimate of drug-likeness (QED) is 0.800. The van der Waals surface area contributed by atoms with Gasteiger partial charge in [-0.15, -0.1) is 12.4 Å². The monoisotopic (exact) mass is 310 g/mol. The Kier molecular flexibility index (Phi) is 5.29. The van der Waals surface area contributed by atoms with Gasteiger partial charge < -0.3 is 5.32 Å². The second-order valence-electron chi connectivity index (χ2n) is 4.73. The van der Waals surface area contributed by atoms with Crippen molar-refractivity contribution in [1.82, 2.24) is 9.97 Å². The number of hydrogen-bond acceptors (Lipinski definition) is 4. The predicted molar refractivity (Wildman–Crippen MR) is 90.1 cm³/mol. The van der Waals surface area contributed by atoms with Gasteiger partial charge in [-0.3, -0.25) is 0 Å². The first-order chi connectivity index (χ1) is 10.4. The number of nitrogens with one attached hydrogen (secondary N) is 1. The Morgan fingerprint density at radius 3 is 2.64 bits per heavy atom. The molecule has 0 fully saturated rings. The van der Waals surface area contributed by atoms with Crippen LogP contribution in [0.1, 0.15) is 11.1 Å². The molecule has 3 aromatic rings. The van der Waals surface area contributed by atoms with Gasteiger partial charge in [0.1, 0.15) is 12.1 Å². The van der Waals surface area contributed by atoms with Crippen molar-refractivity contribution in [3.63, 3.8) is 0 Å². The van der Waals surface area contributed by atoms with Crippen molar-refractivity contribution in [1.29, 1.82) is 5.26 Å². The maximum Gasteiger partial charge on any atom is 0.137 e. The van der Waals surface area contributed by atoms with Gasteiger partial charge in [-0.25, -0.2) is 9.97 Å². The lowest BCUT2D eigenvalue weighted by molar-refractivity contribution is 1.01. The van der Waals surface area contributed by atoms with Crippen LogP contribution in [0.3, 0.4) is 0 Å². The minimum Gasteiger partial charge on any atom is -0.369 e. The summed E-state index contributed by atoms with van der Waals surface area (Å²) in [4.78, 5) is 8.50. The first kappa shape index (κ1) is 15.7. The zero-order valence-corrected chi connectivity index (χ0v) is 12.7. The molecule has 5 heteroatoms. The molecule has 0 atom stereocenters. The first-order valence-corrected chi connectivity index (χ1v) is 6.79. The molecule has 1 N–H and O–H groups in total. The molecule has 0 bridgehead atoms. The fraction of sp³-hybridized carbons (Fsp3) is 0.118. The van der Waals surface area contributed by atoms with Crippen LogP contribution in [0.2, 0.25) is 0 Å². The molecule has 0 unspecified atom stereocenters. The lowest BCUT2D eigenvalue weighted by Gasteiger charge is -2.08. The molecule has 3 rings (SSSR count). The Balaban J connectivity index is 0.00000176. The summed E-state index contributed by atoms with van der Waals surface area (Å²) in [5.41, 5.74) is 2.73. The largest absolute Gasteiger partial charge is 0.369 e. The summed E-state index contributed by atoms with van der Waals surface area (Å²) < 4.78 is 0. The van der Waals surface area contributed by atoms with Crippen LogP contribution in [0, 0.1) is 11.3 Å². The number of anilines is 1. The lowest BCUT2D eigenvalue weighted by Crippen LogP contribution is -2.07. The molecule has 1 aromatic heterocycles. The van der Waals surface area contributed by atoms with E-state index in [1.54, 1.807) is 12.4 Å². The molecular formula is C17H15ClN4. The Morgan fingerprint density at radius 2 is 1.86 bits per heavy atom. The van der Waals surface area contributed by atoms with Crippen molar-refractivity contribution >= 4 is 29.1 Å². The van der Waals surface area contributed by atoms with Crippen molar-refractivity contribution in [2.45, 2.75) is 6.42 Å². The summed E-state index contributed by atoms with van der Waals surface area (Å²) in [6.45, 7) is 0.785. The highest BCUT2D eigenvalue weighted by molar-refractivity contribution is 5.89. The zero-order chi connectivity index (χ0) is 14.5. The van der Waals surface area contributed by atoms with Crippen molar-refractivity contribution in [3.8, 4) is 6.07 Å². The number of aromatic nitrogens is 2. The molecule has 0 aliphatic rings. The highest BCUT2D eigenvalue weighted by Gasteiger charge is 2.04. The van der Waals surface area contributed by atoms with Crippen molar-refractivity contribution < 1.29 is 0 Å². The first-order valence-electron chi connectivity index (χ1n) is 6.79. The summed E-state index contributed by atoms with van der Waals surface area (Å²) in [5, 5.41) is 13.2. The van der Waals surface area contributed by atoms with Crippen LogP contribution in [-0.2, 0) is 6.42 Å². The minimum absolute atomic E-state index is 0. The van der Waals surface area contributed by atoms with E-state index >= 15 is 0 Å². The number of rotatable bonds is 4. The van der Waals surface area contributed by atoms with Gasteiger partial charge in [0.05, 0.1) is 17.1 Å². The van der Waals surface area contributed by atoms with E-state index in [2.05, 4.69) is 33.5 Å². The summed E-state index contributed by atoms with van der Waals surface area (Å²) in [5.74, 6) is 0.771. The third-order valence-electron chi connectivity index (χ3n) is 3.31. The third-order valence-corrected chi connectivity index (χ3v) is 3.31. The predicted octanol–water partition coefficient (Wildman–Crippen LogP) is 3.58. The number of hydrogen-bond donors (Lipinski definition) is 1. The summed E-state index contributed by atoms with van der Waals surface area (Å²) in [7, 11) is 0. The lowest BCUT2D eigenvalue weighted by atomic mass is 10.1. The summed E-state index contributed by atoms with van der Waals surface area (Å²) in [6, 6.07) is 17.9. The average molecular weight is 311 g/mol. The number of nitriles is 1. The van der Waals surface area contributed by atoms with Crippen LogP contribution in [0.15, 0.2) is 54.9 Å². The molecule has 0 amide bonds. The van der Waals surface area contributed by atoms with Gasteiger partial charge in [-0.05, 0) is 30.2 Å². The van der Waals surface area contributed by atoms with Crippen LogP contribution >= 0.6 is 12.4 Å². The number of nitrogens with zero attached hydrogens (tertiary/aromatic N) is 3. The fourth-order valence-electron chi connectivity index (χ4n) is 2.24. The van der Waals surface area contributed by atoms with E-state index in [1.165, 1.54) is 5.56 Å². The number of halogens is 1. The van der Waals surface area contributed by atoms with E-state index in [4.69, 9.17) is 5.26 Å². The molecular weight excluding hydrogens is 296 g/mol. The standard InChI is InChI=1S/C17H14N4.ClH/c18-11-14-6-7-16-15(10-14)17(21-12-20-16)19-9-8-13-4-2-1-3-5-13;/h1-7,10,12H,8-9H2,(H,19,20,21);1H. The van der Waals surface area contributed by atoms with Crippen LogP contribution in [-0.4, -0.2) is 16.5 Å². The molecule has 0 radical (unpaired) electrons. The van der Waals surface area contributed by atoms with Gasteiger partial charge in [0.15, 0.2) is 0 Å². The van der Waals surface area contributed by atoms with Crippen LogP contribution in [0.4, 0.5) is 5.82 Å². The minimum atomic E-state index is 0. The Bertz CT molecular complexity index is 797. The molecule has 22 heavy (non-hydrogen) atoms.